The van der Waals surface area contributed by atoms with Gasteiger partial charge in [0.25, 0.3) is 11.8 Å². The summed E-state index contributed by atoms with van der Waals surface area (Å²) in [5.41, 5.74) is -1.92. The van der Waals surface area contributed by atoms with Crippen molar-refractivity contribution in [1.82, 2.24) is 19.7 Å². The van der Waals surface area contributed by atoms with Crippen molar-refractivity contribution >= 4 is 17.6 Å². The van der Waals surface area contributed by atoms with Crippen molar-refractivity contribution < 1.29 is 33.1 Å². The maximum Gasteiger partial charge on any atom is 0.274 e. The average molecular weight is 608 g/mol. The number of pyridine rings is 1. The van der Waals surface area contributed by atoms with E-state index in [4.69, 9.17) is 9.57 Å². The van der Waals surface area contributed by atoms with Gasteiger partial charge in [0.15, 0.2) is 11.4 Å². The molecule has 230 valence electrons. The molecule has 3 aliphatic heterocycles. The number of nitrogens with zero attached hydrogens (tertiary/aromatic N) is 4. The number of amidine groups is 1. The van der Waals surface area contributed by atoms with Crippen molar-refractivity contribution in [1.29, 1.82) is 0 Å². The first kappa shape index (κ1) is 29.1. The molecule has 13 heteroatoms. The van der Waals surface area contributed by atoms with E-state index >= 15 is 0 Å². The smallest absolute Gasteiger partial charge is 0.274 e. The first-order valence-electron chi connectivity index (χ1n) is 14.2. The zero-order chi connectivity index (χ0) is 31.3. The van der Waals surface area contributed by atoms with E-state index in [2.05, 4.69) is 10.5 Å². The molecule has 44 heavy (non-hydrogen) atoms. The van der Waals surface area contributed by atoms with Gasteiger partial charge in [-0.3, -0.25) is 14.4 Å². The number of rotatable bonds is 6. The molecule has 4 heterocycles. The molecule has 2 N–H and O–H groups in total. The number of hydrogen-bond donors (Lipinski definition) is 2. The predicted octanol–water partition coefficient (Wildman–Crippen LogP) is 3.51. The largest absolute Gasteiger partial charge is 0.503 e. The summed E-state index contributed by atoms with van der Waals surface area (Å²) in [5.74, 6) is -2.63. The Labute approximate surface area is 251 Å². The molecule has 6 rings (SSSR count). The van der Waals surface area contributed by atoms with Gasteiger partial charge in [-0.25, -0.2) is 8.78 Å². The first-order chi connectivity index (χ1) is 21.0. The molecule has 0 unspecified atom stereocenters. The normalized spacial score (nSPS) is 22.3. The van der Waals surface area contributed by atoms with Crippen LogP contribution in [0.5, 0.6) is 11.5 Å². The standard InChI is InChI=1S/C31H31F2N5O6/c1-17-10-11-31(38(18(2)35-44-31)14-19-4-8-22(43-3)9-5-19)25-16-36(17)30(42)26-28(40)27(39)23(15-37(25)26)29(41)34-13-20-6-7-21(32)12-24(20)33/h4-9,12,15,17,25,40H,10-11,13-14,16H2,1-3H3,(H,34,41)/t17-,25+,31+/m0/s1. The number of fused-ring (bicyclic) bond motifs is 5. The molecule has 11 nitrogen and oxygen atoms in total. The number of aromatic nitrogens is 1. The Morgan fingerprint density at radius 2 is 1.95 bits per heavy atom. The first-order valence-corrected chi connectivity index (χ1v) is 14.2. The van der Waals surface area contributed by atoms with Crippen molar-refractivity contribution in [2.75, 3.05) is 13.7 Å². The quantitative estimate of drug-likeness (QED) is 0.439. The molecule has 3 aromatic rings. The third kappa shape index (κ3) is 4.72. The maximum absolute atomic E-state index is 14.2. The van der Waals surface area contributed by atoms with Crippen LogP contribution in [0.25, 0.3) is 0 Å². The van der Waals surface area contributed by atoms with Gasteiger partial charge in [-0.1, -0.05) is 23.4 Å². The Kier molecular flexibility index (Phi) is 7.26. The molecule has 1 aromatic heterocycles. The van der Waals surface area contributed by atoms with E-state index < -0.39 is 52.0 Å². The van der Waals surface area contributed by atoms with Gasteiger partial charge in [0.2, 0.25) is 11.2 Å². The van der Waals surface area contributed by atoms with Gasteiger partial charge in [0.05, 0.1) is 7.11 Å². The highest BCUT2D eigenvalue weighted by atomic mass is 19.1. The van der Waals surface area contributed by atoms with E-state index in [-0.39, 0.29) is 30.4 Å². The average Bonchev–Trinajstić information content (AvgIpc) is 3.25. The van der Waals surface area contributed by atoms with Crippen LogP contribution in [0.1, 0.15) is 64.7 Å². The molecule has 2 amide bonds. The minimum absolute atomic E-state index is 0.00529. The van der Waals surface area contributed by atoms with Crippen molar-refractivity contribution in [3.05, 3.63) is 92.9 Å². The molecular weight excluding hydrogens is 576 g/mol. The predicted molar refractivity (Wildman–Crippen MR) is 154 cm³/mol. The van der Waals surface area contributed by atoms with Crippen LogP contribution in [-0.4, -0.2) is 62.5 Å². The lowest BCUT2D eigenvalue weighted by molar-refractivity contribution is -0.142. The van der Waals surface area contributed by atoms with Crippen molar-refractivity contribution in [2.45, 2.75) is 57.6 Å². The van der Waals surface area contributed by atoms with Crippen LogP contribution in [0.4, 0.5) is 8.78 Å². The van der Waals surface area contributed by atoms with E-state index in [1.54, 1.807) is 12.0 Å². The number of benzene rings is 2. The second-order valence-corrected chi connectivity index (χ2v) is 11.3. The molecule has 2 aromatic carbocycles. The summed E-state index contributed by atoms with van der Waals surface area (Å²) in [5, 5.41) is 17.9. The summed E-state index contributed by atoms with van der Waals surface area (Å²) in [6, 6.07) is 9.55. The van der Waals surface area contributed by atoms with Gasteiger partial charge in [-0.2, -0.15) is 0 Å². The number of nitrogens with one attached hydrogen (secondary N) is 1. The van der Waals surface area contributed by atoms with Crippen LogP contribution >= 0.6 is 0 Å². The number of ether oxygens (including phenoxy) is 1. The molecule has 0 aliphatic carbocycles. The number of carbonyl (C=O) groups excluding carboxylic acids is 2. The summed E-state index contributed by atoms with van der Waals surface area (Å²) >= 11 is 0. The lowest BCUT2D eigenvalue weighted by atomic mass is 9.93. The van der Waals surface area contributed by atoms with E-state index in [0.29, 0.717) is 37.0 Å². The number of amides is 2. The molecule has 1 spiro atoms. The number of halogens is 2. The summed E-state index contributed by atoms with van der Waals surface area (Å²) in [6.07, 6.45) is 2.23. The van der Waals surface area contributed by atoms with Crippen molar-refractivity contribution in [3.63, 3.8) is 0 Å². The van der Waals surface area contributed by atoms with Crippen LogP contribution in [-0.2, 0) is 17.9 Å². The van der Waals surface area contributed by atoms with Gasteiger partial charge in [-0.05, 0) is 44.0 Å². The fourth-order valence-corrected chi connectivity index (χ4v) is 6.25. The monoisotopic (exact) mass is 607 g/mol. The van der Waals surface area contributed by atoms with E-state index in [9.17, 15) is 28.3 Å². The number of carbonyl (C=O) groups is 2. The van der Waals surface area contributed by atoms with E-state index in [1.807, 2.05) is 43.0 Å². The molecule has 3 atom stereocenters. The van der Waals surface area contributed by atoms with Gasteiger partial charge in [0, 0.05) is 49.9 Å². The van der Waals surface area contributed by atoms with Crippen LogP contribution in [0.2, 0.25) is 0 Å². The zero-order valence-corrected chi connectivity index (χ0v) is 24.3. The zero-order valence-electron chi connectivity index (χ0n) is 24.3. The highest BCUT2D eigenvalue weighted by Gasteiger charge is 2.57. The minimum atomic E-state index is -1.13. The highest BCUT2D eigenvalue weighted by Crippen LogP contribution is 2.47. The van der Waals surface area contributed by atoms with Gasteiger partial charge < -0.3 is 34.4 Å². The molecule has 1 fully saturated rings. The van der Waals surface area contributed by atoms with Gasteiger partial charge in [0.1, 0.15) is 34.8 Å². The van der Waals surface area contributed by atoms with Gasteiger partial charge in [-0.15, -0.1) is 0 Å². The van der Waals surface area contributed by atoms with Gasteiger partial charge >= 0.3 is 0 Å². The topological polar surface area (TPSA) is 126 Å². The summed E-state index contributed by atoms with van der Waals surface area (Å²) < 4.78 is 34.2. The summed E-state index contributed by atoms with van der Waals surface area (Å²) in [6.45, 7) is 3.94. The Morgan fingerprint density at radius 1 is 1.20 bits per heavy atom. The number of methoxy groups -OCH3 is 1. The fraction of sp³-hybridized carbons (Fsp3) is 0.355. The van der Waals surface area contributed by atoms with Crippen molar-refractivity contribution in [3.8, 4) is 11.5 Å². The molecule has 0 radical (unpaired) electrons. The van der Waals surface area contributed by atoms with E-state index in [1.165, 1.54) is 16.8 Å². The SMILES string of the molecule is COc1ccc(CN2C(C)=NO[C@@]23CC[C@H](C)N2C[C@H]3n3cc(C(=O)NCc4ccc(F)cc4F)c(=O)c(O)c3C2=O)cc1. The van der Waals surface area contributed by atoms with Crippen LogP contribution in [0, 0.1) is 11.6 Å². The molecule has 2 bridgehead atoms. The molecular formula is C31H31F2N5O6. The second kappa shape index (κ2) is 11.0. The van der Waals surface area contributed by atoms with Crippen molar-refractivity contribution in [2.24, 2.45) is 5.16 Å². The van der Waals surface area contributed by atoms with Crippen LogP contribution in [0.15, 0.2) is 58.6 Å². The Bertz CT molecular complexity index is 1740. The van der Waals surface area contributed by atoms with Crippen LogP contribution in [0.3, 0.4) is 0 Å². The molecule has 0 saturated carbocycles. The van der Waals surface area contributed by atoms with Crippen LogP contribution < -0.4 is 15.5 Å². The number of oxime groups is 1. The minimum Gasteiger partial charge on any atom is -0.503 e. The molecule has 3 aliphatic rings. The third-order valence-corrected chi connectivity index (χ3v) is 8.73. The number of hydrogen-bond acceptors (Lipinski definition) is 8. The summed E-state index contributed by atoms with van der Waals surface area (Å²) in [7, 11) is 1.59. The Morgan fingerprint density at radius 3 is 2.66 bits per heavy atom. The third-order valence-electron chi connectivity index (χ3n) is 8.73. The maximum atomic E-state index is 14.2. The fourth-order valence-electron chi connectivity index (χ4n) is 6.25. The Hall–Kier alpha value is -4.94. The molecule has 1 saturated heterocycles. The highest BCUT2D eigenvalue weighted by molar-refractivity contribution is 5.99. The second-order valence-electron chi connectivity index (χ2n) is 11.3. The summed E-state index contributed by atoms with van der Waals surface area (Å²) in [4.78, 5) is 50.0. The Balaban J connectivity index is 1.41. The van der Waals surface area contributed by atoms with E-state index in [0.717, 1.165) is 11.6 Å². The lowest BCUT2D eigenvalue weighted by Gasteiger charge is -2.45. The lowest BCUT2D eigenvalue weighted by Crippen LogP contribution is -2.58. The number of aromatic hydroxyl groups is 1.